The van der Waals surface area contributed by atoms with Gasteiger partial charge >= 0.3 is 0 Å². The molecule has 0 unspecified atom stereocenters. The molecule has 2 rings (SSSR count). The van der Waals surface area contributed by atoms with Crippen molar-refractivity contribution in [1.82, 2.24) is 10.2 Å². The van der Waals surface area contributed by atoms with Gasteiger partial charge in [-0.1, -0.05) is 11.3 Å². The van der Waals surface area contributed by atoms with Crippen molar-refractivity contribution in [2.45, 2.75) is 6.92 Å². The van der Waals surface area contributed by atoms with Gasteiger partial charge in [-0.05, 0) is 25.1 Å². The predicted molar refractivity (Wildman–Crippen MR) is 77.8 cm³/mol. The van der Waals surface area contributed by atoms with Gasteiger partial charge < -0.3 is 10.6 Å². The highest BCUT2D eigenvalue weighted by Gasteiger charge is 2.15. The highest BCUT2D eigenvalue weighted by Crippen LogP contribution is 2.23. The van der Waals surface area contributed by atoms with Crippen LogP contribution < -0.4 is 16.0 Å². The number of hydrogen-bond acceptors (Lipinski definition) is 6. The van der Waals surface area contributed by atoms with E-state index in [2.05, 4.69) is 15.5 Å². The number of nitrogens with one attached hydrogen (secondary N) is 1. The van der Waals surface area contributed by atoms with E-state index in [1.807, 2.05) is 32.0 Å². The van der Waals surface area contributed by atoms with Crippen LogP contribution in [0.15, 0.2) is 18.2 Å². The summed E-state index contributed by atoms with van der Waals surface area (Å²) in [5, 5.41) is 11.7. The smallest absolute Gasteiger partial charge is 0.259 e. The maximum absolute atomic E-state index is 12.2. The van der Waals surface area contributed by atoms with E-state index in [0.717, 1.165) is 10.7 Å². The Morgan fingerprint density at radius 3 is 2.68 bits per heavy atom. The molecule has 1 aromatic carbocycles. The van der Waals surface area contributed by atoms with Gasteiger partial charge in [0.25, 0.3) is 5.91 Å². The fourth-order valence-electron chi connectivity index (χ4n) is 1.64. The minimum atomic E-state index is -0.243. The summed E-state index contributed by atoms with van der Waals surface area (Å²) in [6.07, 6.45) is 0. The molecule has 0 aliphatic rings. The molecule has 0 saturated heterocycles. The number of anilines is 3. The average Bonchev–Trinajstić information content (AvgIpc) is 2.74. The summed E-state index contributed by atoms with van der Waals surface area (Å²) in [7, 11) is 3.74. The van der Waals surface area contributed by atoms with Crippen LogP contribution in [0.5, 0.6) is 0 Å². The van der Waals surface area contributed by atoms with E-state index < -0.39 is 0 Å². The summed E-state index contributed by atoms with van der Waals surface area (Å²) in [6.45, 7) is 1.83. The predicted octanol–water partition coefficient (Wildman–Crippen LogP) is 1.75. The SMILES string of the molecule is Cc1nnc(NC(=O)c2cc(N)ccc2N(C)C)s1. The van der Waals surface area contributed by atoms with Crippen molar-refractivity contribution < 1.29 is 4.79 Å². The average molecular weight is 277 g/mol. The first kappa shape index (κ1) is 13.3. The molecule has 0 bridgehead atoms. The van der Waals surface area contributed by atoms with Crippen molar-refractivity contribution in [2.75, 3.05) is 30.0 Å². The zero-order valence-electron chi connectivity index (χ0n) is 11.0. The normalized spacial score (nSPS) is 10.3. The minimum absolute atomic E-state index is 0.243. The van der Waals surface area contributed by atoms with Crippen molar-refractivity contribution >= 4 is 33.8 Å². The zero-order valence-corrected chi connectivity index (χ0v) is 11.8. The third-order valence-electron chi connectivity index (χ3n) is 2.49. The van der Waals surface area contributed by atoms with Crippen LogP contribution in [0.2, 0.25) is 0 Å². The molecule has 0 atom stereocenters. The summed E-state index contributed by atoms with van der Waals surface area (Å²) in [4.78, 5) is 14.1. The van der Waals surface area contributed by atoms with Crippen molar-refractivity contribution in [1.29, 1.82) is 0 Å². The van der Waals surface area contributed by atoms with Gasteiger partial charge in [-0.15, -0.1) is 10.2 Å². The summed E-state index contributed by atoms with van der Waals surface area (Å²) >= 11 is 1.33. The molecule has 0 radical (unpaired) electrons. The molecule has 1 amide bonds. The second-order valence-electron chi connectivity index (χ2n) is 4.25. The molecular formula is C12H15N5OS. The topological polar surface area (TPSA) is 84.1 Å². The first-order chi connectivity index (χ1) is 8.97. The molecule has 1 heterocycles. The molecule has 0 aliphatic carbocycles. The number of nitrogens with zero attached hydrogens (tertiary/aromatic N) is 3. The lowest BCUT2D eigenvalue weighted by Gasteiger charge is -2.17. The second-order valence-corrected chi connectivity index (χ2v) is 5.43. The molecule has 0 spiro atoms. The van der Waals surface area contributed by atoms with Gasteiger partial charge in [0.1, 0.15) is 5.01 Å². The molecular weight excluding hydrogens is 262 g/mol. The van der Waals surface area contributed by atoms with Gasteiger partial charge in [0.05, 0.1) is 5.56 Å². The Labute approximate surface area is 115 Å². The van der Waals surface area contributed by atoms with Crippen LogP contribution >= 0.6 is 11.3 Å². The quantitative estimate of drug-likeness (QED) is 0.835. The lowest BCUT2D eigenvalue weighted by atomic mass is 10.1. The number of aromatic nitrogens is 2. The Morgan fingerprint density at radius 1 is 1.37 bits per heavy atom. The van der Waals surface area contributed by atoms with E-state index in [1.54, 1.807) is 12.1 Å². The molecule has 0 fully saturated rings. The lowest BCUT2D eigenvalue weighted by Crippen LogP contribution is -2.18. The number of rotatable bonds is 3. The van der Waals surface area contributed by atoms with Gasteiger partial charge in [-0.2, -0.15) is 0 Å². The number of amides is 1. The highest BCUT2D eigenvalue weighted by molar-refractivity contribution is 7.15. The minimum Gasteiger partial charge on any atom is -0.399 e. The van der Waals surface area contributed by atoms with Crippen LogP contribution in [0, 0.1) is 6.92 Å². The van der Waals surface area contributed by atoms with Gasteiger partial charge in [0.15, 0.2) is 0 Å². The Balaban J connectivity index is 2.30. The van der Waals surface area contributed by atoms with E-state index in [1.165, 1.54) is 11.3 Å². The van der Waals surface area contributed by atoms with E-state index in [4.69, 9.17) is 5.73 Å². The summed E-state index contributed by atoms with van der Waals surface area (Å²) < 4.78 is 0. The zero-order chi connectivity index (χ0) is 14.0. The third kappa shape index (κ3) is 3.00. The highest BCUT2D eigenvalue weighted by atomic mass is 32.1. The Bertz CT molecular complexity index is 608. The molecule has 2 aromatic rings. The fourth-order valence-corrected chi connectivity index (χ4v) is 2.22. The summed E-state index contributed by atoms with van der Waals surface area (Å²) in [5.74, 6) is -0.243. The molecule has 1 aromatic heterocycles. The van der Waals surface area contributed by atoms with Crippen molar-refractivity contribution in [3.63, 3.8) is 0 Å². The van der Waals surface area contributed by atoms with E-state index in [-0.39, 0.29) is 5.91 Å². The van der Waals surface area contributed by atoms with E-state index >= 15 is 0 Å². The number of carbonyl (C=O) groups excluding carboxylic acids is 1. The lowest BCUT2D eigenvalue weighted by molar-refractivity contribution is 0.102. The van der Waals surface area contributed by atoms with E-state index in [0.29, 0.717) is 16.4 Å². The number of hydrogen-bond donors (Lipinski definition) is 2. The van der Waals surface area contributed by atoms with Gasteiger partial charge in [0.2, 0.25) is 5.13 Å². The third-order valence-corrected chi connectivity index (χ3v) is 3.25. The maximum atomic E-state index is 12.2. The fraction of sp³-hybridized carbons (Fsp3) is 0.250. The monoisotopic (exact) mass is 277 g/mol. The Hall–Kier alpha value is -2.15. The van der Waals surface area contributed by atoms with Crippen molar-refractivity contribution in [2.24, 2.45) is 0 Å². The van der Waals surface area contributed by atoms with E-state index in [9.17, 15) is 4.79 Å². The van der Waals surface area contributed by atoms with Crippen LogP contribution in [-0.2, 0) is 0 Å². The summed E-state index contributed by atoms with van der Waals surface area (Å²) in [6, 6.07) is 5.23. The molecule has 6 nitrogen and oxygen atoms in total. The first-order valence-corrected chi connectivity index (χ1v) is 6.47. The molecule has 0 aliphatic heterocycles. The van der Waals surface area contributed by atoms with Crippen LogP contribution in [0.3, 0.4) is 0 Å². The number of aryl methyl sites for hydroxylation is 1. The number of nitrogens with two attached hydrogens (primary N) is 1. The number of nitrogen functional groups attached to an aromatic ring is 1. The first-order valence-electron chi connectivity index (χ1n) is 5.65. The van der Waals surface area contributed by atoms with Gasteiger partial charge in [-0.3, -0.25) is 10.1 Å². The van der Waals surface area contributed by atoms with Crippen LogP contribution in [0.1, 0.15) is 15.4 Å². The Kier molecular flexibility index (Phi) is 3.66. The molecule has 7 heteroatoms. The largest absolute Gasteiger partial charge is 0.399 e. The number of benzene rings is 1. The van der Waals surface area contributed by atoms with Crippen LogP contribution in [0.4, 0.5) is 16.5 Å². The van der Waals surface area contributed by atoms with Gasteiger partial charge in [-0.25, -0.2) is 0 Å². The second kappa shape index (κ2) is 5.23. The van der Waals surface area contributed by atoms with Crippen molar-refractivity contribution in [3.05, 3.63) is 28.8 Å². The summed E-state index contributed by atoms with van der Waals surface area (Å²) in [5.41, 5.74) is 7.60. The van der Waals surface area contributed by atoms with Gasteiger partial charge in [0, 0.05) is 25.5 Å². The van der Waals surface area contributed by atoms with Crippen LogP contribution in [-0.4, -0.2) is 30.2 Å². The Morgan fingerprint density at radius 2 is 2.11 bits per heavy atom. The number of carbonyl (C=O) groups is 1. The maximum Gasteiger partial charge on any atom is 0.259 e. The standard InChI is InChI=1S/C12H15N5OS/c1-7-15-16-12(19-7)14-11(18)9-6-8(13)4-5-10(9)17(2)3/h4-6H,13H2,1-3H3,(H,14,16,18). The van der Waals surface area contributed by atoms with Crippen molar-refractivity contribution in [3.8, 4) is 0 Å². The van der Waals surface area contributed by atoms with Crippen LogP contribution in [0.25, 0.3) is 0 Å². The molecule has 0 saturated carbocycles. The molecule has 19 heavy (non-hydrogen) atoms. The molecule has 3 N–H and O–H groups in total. The molecule has 100 valence electrons.